The molecule has 1 N–H and O–H groups in total. The second-order valence-electron chi connectivity index (χ2n) is 7.48. The van der Waals surface area contributed by atoms with Crippen LogP contribution in [0.4, 0.5) is 4.39 Å². The predicted molar refractivity (Wildman–Crippen MR) is 119 cm³/mol. The van der Waals surface area contributed by atoms with Crippen LogP contribution >= 0.6 is 0 Å². The van der Waals surface area contributed by atoms with Crippen molar-refractivity contribution in [3.05, 3.63) is 77.1 Å². The molecule has 0 aliphatic heterocycles. The first-order valence-corrected chi connectivity index (χ1v) is 10.1. The Kier molecular flexibility index (Phi) is 5.53. The van der Waals surface area contributed by atoms with Crippen LogP contribution in [-0.4, -0.2) is 24.0 Å². The van der Waals surface area contributed by atoms with E-state index in [1.807, 2.05) is 19.1 Å². The van der Waals surface area contributed by atoms with Gasteiger partial charge in [-0.2, -0.15) is 0 Å². The third kappa shape index (κ3) is 3.64. The summed E-state index contributed by atoms with van der Waals surface area (Å²) >= 11 is 0. The molecule has 6 heteroatoms. The van der Waals surface area contributed by atoms with Crippen molar-refractivity contribution in [2.45, 2.75) is 20.3 Å². The van der Waals surface area contributed by atoms with E-state index in [4.69, 9.17) is 9.15 Å². The molecule has 0 radical (unpaired) electrons. The van der Waals surface area contributed by atoms with Gasteiger partial charge in [-0.3, -0.25) is 4.79 Å². The molecule has 0 saturated heterocycles. The molecule has 4 aromatic rings. The van der Waals surface area contributed by atoms with Crippen LogP contribution in [0.25, 0.3) is 33.4 Å². The number of aromatic hydroxyl groups is 1. The number of benzene rings is 3. The van der Waals surface area contributed by atoms with Crippen LogP contribution < -0.4 is 0 Å². The summed E-state index contributed by atoms with van der Waals surface area (Å²) in [4.78, 5) is 24.9. The van der Waals surface area contributed by atoms with Gasteiger partial charge in [-0.05, 0) is 72.1 Å². The molecule has 1 heterocycles. The van der Waals surface area contributed by atoms with E-state index in [9.17, 15) is 19.1 Å². The van der Waals surface area contributed by atoms with Gasteiger partial charge < -0.3 is 14.3 Å². The van der Waals surface area contributed by atoms with E-state index in [-0.39, 0.29) is 29.3 Å². The van der Waals surface area contributed by atoms with Crippen LogP contribution in [0.5, 0.6) is 5.75 Å². The van der Waals surface area contributed by atoms with Crippen molar-refractivity contribution >= 4 is 22.7 Å². The number of ketones is 1. The summed E-state index contributed by atoms with van der Waals surface area (Å²) in [5.41, 5.74) is 3.82. The number of phenolic OH excluding ortho intramolecular Hbond substituents is 1. The third-order valence-electron chi connectivity index (χ3n) is 5.45. The molecular formula is C26H21FO5. The number of Topliss-reactive ketones (excluding diaryl/α,β-unsaturated/α-hetero) is 1. The number of fused-ring (bicyclic) bond motifs is 1. The molecule has 0 saturated carbocycles. The smallest absolute Gasteiger partial charge is 0.341 e. The van der Waals surface area contributed by atoms with Gasteiger partial charge >= 0.3 is 5.97 Å². The van der Waals surface area contributed by atoms with Crippen molar-refractivity contribution in [3.8, 4) is 28.2 Å². The van der Waals surface area contributed by atoms with Gasteiger partial charge in [0, 0.05) is 17.4 Å². The van der Waals surface area contributed by atoms with Gasteiger partial charge in [-0.25, -0.2) is 9.18 Å². The zero-order chi connectivity index (χ0) is 23.0. The molecule has 0 spiro atoms. The maximum absolute atomic E-state index is 13.4. The molecule has 162 valence electrons. The lowest BCUT2D eigenvalue weighted by Crippen LogP contribution is -2.02. The number of carbonyl (C=O) groups excluding carboxylic acids is 2. The molecular weight excluding hydrogens is 411 g/mol. The SMILES string of the molecule is CCC(=O)c1c(-c2ccc(F)cc2)oc2ccc(-c3cc(C(=O)OC)c(O)cc3C)cc12. The fourth-order valence-electron chi connectivity index (χ4n) is 3.80. The fraction of sp³-hybridized carbons (Fsp3) is 0.154. The number of hydrogen-bond acceptors (Lipinski definition) is 5. The zero-order valence-electron chi connectivity index (χ0n) is 17.9. The van der Waals surface area contributed by atoms with Gasteiger partial charge in [-0.1, -0.05) is 13.0 Å². The average Bonchev–Trinajstić information content (AvgIpc) is 3.17. The number of halogens is 1. The van der Waals surface area contributed by atoms with Crippen molar-refractivity contribution in [1.82, 2.24) is 0 Å². The Morgan fingerprint density at radius 3 is 2.38 bits per heavy atom. The monoisotopic (exact) mass is 432 g/mol. The minimum atomic E-state index is -0.645. The fourth-order valence-corrected chi connectivity index (χ4v) is 3.80. The number of phenols is 1. The van der Waals surface area contributed by atoms with Crippen LogP contribution in [0, 0.1) is 12.7 Å². The van der Waals surface area contributed by atoms with Crippen molar-refractivity contribution < 1.29 is 28.2 Å². The first-order valence-electron chi connectivity index (χ1n) is 10.1. The standard InChI is InChI=1S/C26H21FO5/c1-4-21(28)24-20-12-16(18-13-19(26(30)31-3)22(29)11-14(18)2)7-10-23(20)32-25(24)15-5-8-17(27)9-6-15/h5-13,29H,4H2,1-3H3. The van der Waals surface area contributed by atoms with Crippen LogP contribution in [0.2, 0.25) is 0 Å². The van der Waals surface area contributed by atoms with Gasteiger partial charge in [0.05, 0.1) is 12.7 Å². The lowest BCUT2D eigenvalue weighted by Gasteiger charge is -2.11. The molecule has 0 fully saturated rings. The summed E-state index contributed by atoms with van der Waals surface area (Å²) in [5, 5.41) is 10.8. The average molecular weight is 432 g/mol. The van der Waals surface area contributed by atoms with E-state index < -0.39 is 5.97 Å². The molecule has 4 rings (SSSR count). The van der Waals surface area contributed by atoms with E-state index in [0.717, 1.165) is 11.1 Å². The molecule has 0 amide bonds. The molecule has 0 atom stereocenters. The zero-order valence-corrected chi connectivity index (χ0v) is 17.9. The van der Waals surface area contributed by atoms with Crippen LogP contribution in [-0.2, 0) is 4.74 Å². The van der Waals surface area contributed by atoms with Crippen LogP contribution in [0.1, 0.15) is 39.6 Å². The lowest BCUT2D eigenvalue weighted by atomic mass is 9.94. The molecule has 0 aliphatic carbocycles. The van der Waals surface area contributed by atoms with E-state index >= 15 is 0 Å². The Morgan fingerprint density at radius 2 is 1.72 bits per heavy atom. The van der Waals surface area contributed by atoms with E-state index in [0.29, 0.717) is 33.4 Å². The highest BCUT2D eigenvalue weighted by atomic mass is 19.1. The molecule has 3 aromatic carbocycles. The quantitative estimate of drug-likeness (QED) is 0.296. The molecule has 1 aromatic heterocycles. The van der Waals surface area contributed by atoms with Gasteiger partial charge in [0.1, 0.15) is 28.5 Å². The summed E-state index contributed by atoms with van der Waals surface area (Å²) < 4.78 is 24.2. The van der Waals surface area contributed by atoms with Crippen LogP contribution in [0.3, 0.4) is 0 Å². The van der Waals surface area contributed by atoms with Gasteiger partial charge in [0.2, 0.25) is 0 Å². The molecule has 0 bridgehead atoms. The third-order valence-corrected chi connectivity index (χ3v) is 5.45. The van der Waals surface area contributed by atoms with Gasteiger partial charge in [-0.15, -0.1) is 0 Å². The second-order valence-corrected chi connectivity index (χ2v) is 7.48. The van der Waals surface area contributed by atoms with Crippen molar-refractivity contribution in [3.63, 3.8) is 0 Å². The highest BCUT2D eigenvalue weighted by molar-refractivity contribution is 6.12. The van der Waals surface area contributed by atoms with Crippen molar-refractivity contribution in [1.29, 1.82) is 0 Å². The first-order chi connectivity index (χ1) is 15.3. The Labute approximate surface area is 184 Å². The normalized spacial score (nSPS) is 11.0. The minimum absolute atomic E-state index is 0.0530. The van der Waals surface area contributed by atoms with E-state index in [1.165, 1.54) is 25.3 Å². The molecule has 0 unspecified atom stereocenters. The number of hydrogen-bond donors (Lipinski definition) is 1. The maximum atomic E-state index is 13.4. The molecule has 5 nitrogen and oxygen atoms in total. The molecule has 32 heavy (non-hydrogen) atoms. The first kappa shape index (κ1) is 21.3. The van der Waals surface area contributed by atoms with E-state index in [1.54, 1.807) is 31.2 Å². The predicted octanol–water partition coefficient (Wildman–Crippen LogP) is 6.30. The topological polar surface area (TPSA) is 76.7 Å². The summed E-state index contributed by atoms with van der Waals surface area (Å²) in [6, 6.07) is 14.3. The number of rotatable bonds is 5. The lowest BCUT2D eigenvalue weighted by molar-refractivity contribution is 0.0597. The Morgan fingerprint density at radius 1 is 1.03 bits per heavy atom. The second kappa shape index (κ2) is 8.30. The van der Waals surface area contributed by atoms with Gasteiger partial charge in [0.15, 0.2) is 5.78 Å². The van der Waals surface area contributed by atoms with E-state index in [2.05, 4.69) is 0 Å². The summed E-state index contributed by atoms with van der Waals surface area (Å²) in [6.07, 6.45) is 0.276. The number of aryl methyl sites for hydroxylation is 1. The van der Waals surface area contributed by atoms with Crippen molar-refractivity contribution in [2.75, 3.05) is 7.11 Å². The number of esters is 1. The highest BCUT2D eigenvalue weighted by Crippen LogP contribution is 2.38. The number of methoxy groups -OCH3 is 1. The number of ether oxygens (including phenoxy) is 1. The summed E-state index contributed by atoms with van der Waals surface area (Å²) in [5.74, 6) is -0.893. The maximum Gasteiger partial charge on any atom is 0.341 e. The Bertz CT molecular complexity index is 1350. The van der Waals surface area contributed by atoms with Crippen molar-refractivity contribution in [2.24, 2.45) is 0 Å². The minimum Gasteiger partial charge on any atom is -0.507 e. The largest absolute Gasteiger partial charge is 0.507 e. The Hall–Kier alpha value is -3.93. The number of furan rings is 1. The molecule has 0 aliphatic rings. The van der Waals surface area contributed by atoms with Crippen LogP contribution in [0.15, 0.2) is 59.0 Å². The Balaban J connectivity index is 1.94. The highest BCUT2D eigenvalue weighted by Gasteiger charge is 2.22. The summed E-state index contributed by atoms with van der Waals surface area (Å²) in [7, 11) is 1.25. The summed E-state index contributed by atoms with van der Waals surface area (Å²) in [6.45, 7) is 3.59. The van der Waals surface area contributed by atoms with Gasteiger partial charge in [0.25, 0.3) is 0 Å². The number of carbonyl (C=O) groups is 2.